The minimum absolute atomic E-state index is 0.0495. The van der Waals surface area contributed by atoms with Crippen molar-refractivity contribution in [3.63, 3.8) is 0 Å². The van der Waals surface area contributed by atoms with Gasteiger partial charge in [-0.05, 0) is 19.9 Å². The van der Waals surface area contributed by atoms with Crippen LogP contribution >= 0.6 is 0 Å². The van der Waals surface area contributed by atoms with E-state index in [1.54, 1.807) is 31.2 Å². The molecule has 2 aliphatic rings. The molecule has 146 valence electrons. The number of ether oxygens (including phenoxy) is 3. The minimum atomic E-state index is -1.84. The van der Waals surface area contributed by atoms with E-state index in [2.05, 4.69) is 11.9 Å². The van der Waals surface area contributed by atoms with Crippen molar-refractivity contribution in [1.82, 2.24) is 0 Å². The van der Waals surface area contributed by atoms with Gasteiger partial charge >= 0.3 is 11.9 Å². The predicted molar refractivity (Wildman–Crippen MR) is 99.5 cm³/mol. The van der Waals surface area contributed by atoms with Gasteiger partial charge in [-0.3, -0.25) is 4.79 Å². The molecular weight excluding hydrogens is 364 g/mol. The molecule has 2 heterocycles. The first-order chi connectivity index (χ1) is 13.4. The van der Waals surface area contributed by atoms with Gasteiger partial charge in [0, 0.05) is 11.3 Å². The second kappa shape index (κ2) is 7.22. The van der Waals surface area contributed by atoms with E-state index >= 15 is 0 Å². The van der Waals surface area contributed by atoms with Crippen LogP contribution in [0.5, 0.6) is 0 Å². The number of allylic oxidation sites excluding steroid dienone is 1. The van der Waals surface area contributed by atoms with Crippen molar-refractivity contribution in [1.29, 1.82) is 0 Å². The van der Waals surface area contributed by atoms with Crippen molar-refractivity contribution < 1.29 is 28.6 Å². The molecule has 2 aliphatic heterocycles. The quantitative estimate of drug-likeness (QED) is 0.585. The van der Waals surface area contributed by atoms with Gasteiger partial charge in [-0.25, -0.2) is 9.59 Å². The molecule has 0 saturated heterocycles. The van der Waals surface area contributed by atoms with Crippen LogP contribution in [0.15, 0.2) is 59.7 Å². The summed E-state index contributed by atoms with van der Waals surface area (Å²) in [5.74, 6) is -2.53. The van der Waals surface area contributed by atoms with Crippen molar-refractivity contribution in [2.24, 2.45) is 5.73 Å². The zero-order valence-electron chi connectivity index (χ0n) is 15.5. The third-order valence-electron chi connectivity index (χ3n) is 4.55. The maximum absolute atomic E-state index is 13.3. The Labute approximate surface area is 161 Å². The van der Waals surface area contributed by atoms with Gasteiger partial charge in [-0.2, -0.15) is 0 Å². The summed E-state index contributed by atoms with van der Waals surface area (Å²) >= 11 is 0. The Morgan fingerprint density at radius 2 is 1.93 bits per heavy atom. The van der Waals surface area contributed by atoms with Gasteiger partial charge in [0.15, 0.2) is 0 Å². The average Bonchev–Trinajstić information content (AvgIpc) is 2.92. The summed E-state index contributed by atoms with van der Waals surface area (Å²) < 4.78 is 15.8. The highest BCUT2D eigenvalue weighted by molar-refractivity contribution is 6.21. The van der Waals surface area contributed by atoms with Crippen LogP contribution in [0.3, 0.4) is 0 Å². The number of carbonyl (C=O) groups excluding carboxylic acids is 3. The molecule has 8 heteroatoms. The number of benzene rings is 1. The number of hydrogen-bond acceptors (Lipinski definition) is 7. The third kappa shape index (κ3) is 2.65. The van der Waals surface area contributed by atoms with Gasteiger partial charge in [0.2, 0.25) is 11.8 Å². The number of amides is 1. The van der Waals surface area contributed by atoms with Crippen LogP contribution in [0.1, 0.15) is 19.4 Å². The van der Waals surface area contributed by atoms with Gasteiger partial charge in [0.25, 0.3) is 0 Å². The average molecular weight is 384 g/mol. The molecule has 3 N–H and O–H groups in total. The third-order valence-corrected chi connectivity index (χ3v) is 4.55. The number of nitrogens with two attached hydrogens (primary N) is 1. The first-order valence-corrected chi connectivity index (χ1v) is 8.65. The first kappa shape index (κ1) is 19.2. The number of hydrogen-bond donors (Lipinski definition) is 2. The summed E-state index contributed by atoms with van der Waals surface area (Å²) in [7, 11) is 0. The lowest BCUT2D eigenvalue weighted by atomic mass is 9.67. The Morgan fingerprint density at radius 1 is 1.25 bits per heavy atom. The highest BCUT2D eigenvalue weighted by atomic mass is 16.5. The van der Waals surface area contributed by atoms with E-state index in [-0.39, 0.29) is 36.0 Å². The van der Waals surface area contributed by atoms with E-state index in [1.165, 1.54) is 13.0 Å². The summed E-state index contributed by atoms with van der Waals surface area (Å²) in [6, 6.07) is 6.72. The molecule has 3 rings (SSSR count). The second-order valence-electron chi connectivity index (χ2n) is 6.13. The molecule has 1 aromatic rings. The molecule has 1 aromatic carbocycles. The molecule has 0 radical (unpaired) electrons. The number of para-hydroxylation sites is 1. The summed E-state index contributed by atoms with van der Waals surface area (Å²) in [5, 5.41) is 2.71. The molecule has 1 amide bonds. The highest BCUT2D eigenvalue weighted by Gasteiger charge is 2.61. The molecule has 0 aromatic heterocycles. The van der Waals surface area contributed by atoms with E-state index in [0.717, 1.165) is 0 Å². The number of rotatable bonds is 5. The predicted octanol–water partition coefficient (Wildman–Crippen LogP) is 1.64. The Kier molecular flexibility index (Phi) is 4.96. The largest absolute Gasteiger partial charge is 0.462 e. The Bertz CT molecular complexity index is 946. The summed E-state index contributed by atoms with van der Waals surface area (Å²) in [6.45, 7) is 6.58. The van der Waals surface area contributed by atoms with Crippen LogP contribution in [0.2, 0.25) is 0 Å². The fourth-order valence-corrected chi connectivity index (χ4v) is 3.56. The van der Waals surface area contributed by atoms with E-state index in [9.17, 15) is 14.4 Å². The number of fused-ring (bicyclic) bond motifs is 2. The van der Waals surface area contributed by atoms with Crippen LogP contribution in [0, 0.1) is 0 Å². The minimum Gasteiger partial charge on any atom is -0.462 e. The summed E-state index contributed by atoms with van der Waals surface area (Å²) in [4.78, 5) is 39.0. The molecule has 0 fully saturated rings. The normalized spacial score (nSPS) is 20.4. The molecule has 28 heavy (non-hydrogen) atoms. The Morgan fingerprint density at radius 3 is 2.61 bits per heavy atom. The zero-order chi connectivity index (χ0) is 20.5. The van der Waals surface area contributed by atoms with Crippen LogP contribution in [0.4, 0.5) is 5.69 Å². The maximum atomic E-state index is 13.3. The van der Waals surface area contributed by atoms with Crippen LogP contribution in [-0.2, 0) is 34.0 Å². The van der Waals surface area contributed by atoms with Crippen LogP contribution in [-0.4, -0.2) is 31.1 Å². The molecular formula is C20H20N2O6. The Hall–Kier alpha value is -3.55. The molecule has 1 atom stereocenters. The van der Waals surface area contributed by atoms with Crippen LogP contribution < -0.4 is 11.1 Å². The first-order valence-electron chi connectivity index (χ1n) is 8.65. The van der Waals surface area contributed by atoms with E-state index in [1.807, 2.05) is 0 Å². The number of nitrogens with one attached hydrogen (secondary N) is 1. The summed E-state index contributed by atoms with van der Waals surface area (Å²) in [6.07, 6.45) is 1.39. The zero-order valence-corrected chi connectivity index (χ0v) is 15.5. The fourth-order valence-electron chi connectivity index (χ4n) is 3.56. The molecule has 1 spiro atoms. The SMILES string of the molecule is C=CCOC(=O)C1=C(C)OC(N)=C(C(=O)OCC)C12C(=O)Nc1ccccc12. The summed E-state index contributed by atoms with van der Waals surface area (Å²) in [5.41, 5.74) is 4.62. The van der Waals surface area contributed by atoms with Gasteiger partial charge in [-0.15, -0.1) is 0 Å². The van der Waals surface area contributed by atoms with Gasteiger partial charge in [0.1, 0.15) is 28.9 Å². The van der Waals surface area contributed by atoms with Crippen LogP contribution in [0.25, 0.3) is 0 Å². The van der Waals surface area contributed by atoms with E-state index in [0.29, 0.717) is 11.3 Å². The monoisotopic (exact) mass is 384 g/mol. The standard InChI is InChI=1S/C20H20N2O6/c1-4-10-27-17(23)14-11(3)28-16(21)15(18(24)26-5-2)20(14)12-8-6-7-9-13(12)22-19(20)25/h4,6-9H,1,5,10,21H2,2-3H3,(H,22,25). The molecule has 0 saturated carbocycles. The van der Waals surface area contributed by atoms with Gasteiger partial charge in [0.05, 0.1) is 6.61 Å². The fraction of sp³-hybridized carbons (Fsp3) is 0.250. The number of carbonyl (C=O) groups is 3. The molecule has 0 aliphatic carbocycles. The van der Waals surface area contributed by atoms with Crippen molar-refractivity contribution in [3.05, 3.63) is 65.3 Å². The van der Waals surface area contributed by atoms with Crippen molar-refractivity contribution in [3.8, 4) is 0 Å². The lowest BCUT2D eigenvalue weighted by molar-refractivity contribution is -0.142. The maximum Gasteiger partial charge on any atom is 0.341 e. The van der Waals surface area contributed by atoms with Crippen molar-refractivity contribution in [2.45, 2.75) is 19.3 Å². The topological polar surface area (TPSA) is 117 Å². The molecule has 1 unspecified atom stereocenters. The van der Waals surface area contributed by atoms with E-state index < -0.39 is 23.3 Å². The highest BCUT2D eigenvalue weighted by Crippen LogP contribution is 2.52. The second-order valence-corrected chi connectivity index (χ2v) is 6.13. The van der Waals surface area contributed by atoms with Crippen molar-refractivity contribution in [2.75, 3.05) is 18.5 Å². The Balaban J connectivity index is 2.33. The molecule has 0 bridgehead atoms. The molecule has 8 nitrogen and oxygen atoms in total. The lowest BCUT2D eigenvalue weighted by Crippen LogP contribution is -2.48. The smallest absolute Gasteiger partial charge is 0.341 e. The number of esters is 2. The lowest BCUT2D eigenvalue weighted by Gasteiger charge is -2.35. The van der Waals surface area contributed by atoms with Crippen molar-refractivity contribution >= 4 is 23.5 Å². The van der Waals surface area contributed by atoms with Gasteiger partial charge < -0.3 is 25.3 Å². The number of anilines is 1. The van der Waals surface area contributed by atoms with Gasteiger partial charge in [-0.1, -0.05) is 30.9 Å². The van der Waals surface area contributed by atoms with E-state index in [4.69, 9.17) is 19.9 Å².